The van der Waals surface area contributed by atoms with E-state index in [1.165, 1.54) is 28.4 Å². The number of carbonyl (C=O) groups excluding carboxylic acids is 2. The molecule has 2 amide bonds. The Bertz CT molecular complexity index is 1230. The van der Waals surface area contributed by atoms with Gasteiger partial charge in [-0.2, -0.15) is 5.26 Å². The fraction of sp³-hybridized carbons (Fsp3) is 0.440. The average Bonchev–Trinajstić information content (AvgIpc) is 3.50. The van der Waals surface area contributed by atoms with Gasteiger partial charge >= 0.3 is 0 Å². The van der Waals surface area contributed by atoms with Crippen molar-refractivity contribution in [1.82, 2.24) is 9.80 Å². The number of nitrogens with zero attached hydrogens (tertiary/aromatic N) is 4. The summed E-state index contributed by atoms with van der Waals surface area (Å²) in [5.41, 5.74) is 5.91. The highest BCUT2D eigenvalue weighted by Crippen LogP contribution is 2.48. The van der Waals surface area contributed by atoms with E-state index in [1.54, 1.807) is 18.0 Å². The highest BCUT2D eigenvalue weighted by atomic mass is 32.1. The monoisotopic (exact) mass is 479 g/mol. The summed E-state index contributed by atoms with van der Waals surface area (Å²) in [5, 5.41) is 9.19. The predicted molar refractivity (Wildman–Crippen MR) is 127 cm³/mol. The van der Waals surface area contributed by atoms with Crippen molar-refractivity contribution in [2.75, 3.05) is 20.1 Å². The van der Waals surface area contributed by atoms with Crippen LogP contribution >= 0.6 is 11.3 Å². The first kappa shape index (κ1) is 22.5. The van der Waals surface area contributed by atoms with E-state index in [1.807, 2.05) is 18.2 Å². The maximum atomic E-state index is 13.8. The van der Waals surface area contributed by atoms with E-state index < -0.39 is 17.3 Å². The molecule has 1 aromatic carbocycles. The van der Waals surface area contributed by atoms with Gasteiger partial charge in [-0.1, -0.05) is 25.3 Å². The number of hydrogen-bond acceptors (Lipinski definition) is 6. The van der Waals surface area contributed by atoms with Gasteiger partial charge in [-0.05, 0) is 42.7 Å². The number of thiophene rings is 1. The second-order valence-corrected chi connectivity index (χ2v) is 10.5. The molecule has 1 aromatic heterocycles. The van der Waals surface area contributed by atoms with E-state index in [-0.39, 0.29) is 29.3 Å². The highest BCUT2D eigenvalue weighted by molar-refractivity contribution is 7.15. The van der Waals surface area contributed by atoms with Crippen LogP contribution in [0.25, 0.3) is 10.4 Å². The van der Waals surface area contributed by atoms with Crippen LogP contribution in [0.1, 0.15) is 42.5 Å². The predicted octanol–water partition coefficient (Wildman–Crippen LogP) is 3.45. The summed E-state index contributed by atoms with van der Waals surface area (Å²) >= 11 is 1.44. The molecule has 2 fully saturated rings. The highest BCUT2D eigenvalue weighted by Gasteiger charge is 2.57. The van der Waals surface area contributed by atoms with E-state index in [0.717, 1.165) is 41.9 Å². The van der Waals surface area contributed by atoms with Crippen molar-refractivity contribution < 1.29 is 14.0 Å². The molecule has 9 heteroatoms. The third-order valence-electron chi connectivity index (χ3n) is 7.37. The molecule has 0 radical (unpaired) electrons. The van der Waals surface area contributed by atoms with E-state index in [9.17, 15) is 19.2 Å². The quantitative estimate of drug-likeness (QED) is 0.728. The molecule has 1 saturated heterocycles. The van der Waals surface area contributed by atoms with Gasteiger partial charge in [0.15, 0.2) is 5.96 Å². The van der Waals surface area contributed by atoms with E-state index in [2.05, 4.69) is 0 Å². The number of hydrogen-bond donors (Lipinski definition) is 1. The third kappa shape index (κ3) is 3.57. The number of guanidine groups is 1. The summed E-state index contributed by atoms with van der Waals surface area (Å²) in [6, 6.07) is 10.1. The molecule has 2 atom stereocenters. The Morgan fingerprint density at radius 2 is 2.03 bits per heavy atom. The Morgan fingerprint density at radius 1 is 1.26 bits per heavy atom. The number of fused-ring (bicyclic) bond motifs is 1. The smallest absolute Gasteiger partial charge is 0.236 e. The van der Waals surface area contributed by atoms with Crippen molar-refractivity contribution in [3.8, 4) is 16.5 Å². The number of aliphatic imine (C=N–C) groups is 1. The van der Waals surface area contributed by atoms with Gasteiger partial charge in [0.05, 0.1) is 18.0 Å². The zero-order valence-corrected chi connectivity index (χ0v) is 19.8. The molecule has 2 N–H and O–H groups in total. The van der Waals surface area contributed by atoms with E-state index in [4.69, 9.17) is 10.7 Å². The lowest BCUT2D eigenvalue weighted by molar-refractivity contribution is -0.136. The number of nitriles is 1. The summed E-state index contributed by atoms with van der Waals surface area (Å²) in [6.45, 7) is 0.623. The second-order valence-electron chi connectivity index (χ2n) is 9.37. The van der Waals surface area contributed by atoms with Crippen molar-refractivity contribution in [2.24, 2.45) is 22.6 Å². The second kappa shape index (κ2) is 8.51. The van der Waals surface area contributed by atoms with Crippen molar-refractivity contribution >= 4 is 29.1 Å². The first-order valence-electron chi connectivity index (χ1n) is 11.6. The number of nitrogens with two attached hydrogens (primary N) is 1. The topological polar surface area (TPSA) is 103 Å². The molecule has 2 aromatic rings. The number of benzene rings is 1. The standard InChI is InChI=1S/C25H26FN5O2S/c1-30-23(33)18-13-31(22(32)15-5-3-2-4-6-15)14-25(18,29-24(30)28)21-10-9-20(34-21)16-7-8-19(26)17(11-16)12-27/h7-11,15,18H,2-6,13-14H2,1H3,(H2,28,29). The molecule has 0 bridgehead atoms. The number of rotatable bonds is 3. The first-order chi connectivity index (χ1) is 16.3. The SMILES string of the molecule is CN1C(=O)C2CN(C(=O)C3CCCCC3)CC2(c2ccc(-c3ccc(F)c(C#N)c3)s2)N=C1N. The minimum absolute atomic E-state index is 0.00243. The van der Waals surface area contributed by atoms with E-state index in [0.29, 0.717) is 18.7 Å². The van der Waals surface area contributed by atoms with Crippen LogP contribution in [-0.4, -0.2) is 47.7 Å². The van der Waals surface area contributed by atoms with Crippen LogP contribution in [0.3, 0.4) is 0 Å². The lowest BCUT2D eigenvalue weighted by Gasteiger charge is -2.36. The zero-order valence-electron chi connectivity index (χ0n) is 19.0. The number of amides is 2. The lowest BCUT2D eigenvalue weighted by Crippen LogP contribution is -2.54. The van der Waals surface area contributed by atoms with Gasteiger partial charge in [0.25, 0.3) is 0 Å². The maximum absolute atomic E-state index is 13.8. The van der Waals surface area contributed by atoms with Crippen LogP contribution in [0, 0.1) is 29.0 Å². The molecule has 7 nitrogen and oxygen atoms in total. The largest absolute Gasteiger partial charge is 0.369 e. The molecule has 3 heterocycles. The average molecular weight is 480 g/mol. The molecule has 34 heavy (non-hydrogen) atoms. The van der Waals surface area contributed by atoms with Crippen LogP contribution in [0.4, 0.5) is 4.39 Å². The fourth-order valence-corrected chi connectivity index (χ4v) is 6.61. The molecule has 2 aliphatic heterocycles. The van der Waals surface area contributed by atoms with Gasteiger partial charge in [0.1, 0.15) is 17.4 Å². The molecular formula is C25H26FN5O2S. The molecule has 0 spiro atoms. The lowest BCUT2D eigenvalue weighted by atomic mass is 9.84. The normalized spacial score (nSPS) is 25.1. The number of carbonyl (C=O) groups is 2. The Balaban J connectivity index is 1.53. The molecule has 1 saturated carbocycles. The van der Waals surface area contributed by atoms with Gasteiger partial charge in [0, 0.05) is 29.3 Å². The molecule has 1 aliphatic carbocycles. The third-order valence-corrected chi connectivity index (χ3v) is 8.67. The van der Waals surface area contributed by atoms with Crippen molar-refractivity contribution in [2.45, 2.75) is 37.6 Å². The fourth-order valence-electron chi connectivity index (χ4n) is 5.43. The van der Waals surface area contributed by atoms with Crippen LogP contribution in [0.2, 0.25) is 0 Å². The van der Waals surface area contributed by atoms with Gasteiger partial charge < -0.3 is 10.6 Å². The Labute approximate surface area is 201 Å². The van der Waals surface area contributed by atoms with Crippen LogP contribution in [0.5, 0.6) is 0 Å². The van der Waals surface area contributed by atoms with Crippen molar-refractivity contribution in [1.29, 1.82) is 5.26 Å². The molecule has 176 valence electrons. The Kier molecular flexibility index (Phi) is 5.64. The van der Waals surface area contributed by atoms with Gasteiger partial charge in [-0.25, -0.2) is 9.38 Å². The molecular weight excluding hydrogens is 453 g/mol. The van der Waals surface area contributed by atoms with Crippen LogP contribution in [-0.2, 0) is 15.1 Å². The van der Waals surface area contributed by atoms with Crippen LogP contribution in [0.15, 0.2) is 35.3 Å². The molecule has 3 aliphatic rings. The summed E-state index contributed by atoms with van der Waals surface area (Å²) in [6.07, 6.45) is 5.06. The first-order valence-corrected chi connectivity index (χ1v) is 12.4. The maximum Gasteiger partial charge on any atom is 0.236 e. The van der Waals surface area contributed by atoms with Gasteiger partial charge in [-0.15, -0.1) is 11.3 Å². The van der Waals surface area contributed by atoms with Crippen molar-refractivity contribution in [3.63, 3.8) is 0 Å². The molecule has 5 rings (SSSR count). The minimum Gasteiger partial charge on any atom is -0.369 e. The van der Waals surface area contributed by atoms with Gasteiger partial charge in [-0.3, -0.25) is 14.5 Å². The summed E-state index contributed by atoms with van der Waals surface area (Å²) in [7, 11) is 1.61. The zero-order chi connectivity index (χ0) is 24.0. The van der Waals surface area contributed by atoms with Crippen LogP contribution < -0.4 is 5.73 Å². The minimum atomic E-state index is -0.945. The van der Waals surface area contributed by atoms with Crippen molar-refractivity contribution in [3.05, 3.63) is 46.6 Å². The molecule has 2 unspecified atom stereocenters. The number of halogens is 1. The summed E-state index contributed by atoms with van der Waals surface area (Å²) < 4.78 is 13.8. The summed E-state index contributed by atoms with van der Waals surface area (Å²) in [4.78, 5) is 36.3. The summed E-state index contributed by atoms with van der Waals surface area (Å²) in [5.74, 6) is -0.986. The Hall–Kier alpha value is -3.25. The van der Waals surface area contributed by atoms with E-state index >= 15 is 0 Å². The number of likely N-dealkylation sites (tertiary alicyclic amines) is 1. The Morgan fingerprint density at radius 3 is 2.76 bits per heavy atom. The van der Waals surface area contributed by atoms with Gasteiger partial charge in [0.2, 0.25) is 11.8 Å².